The first-order valence-corrected chi connectivity index (χ1v) is 9.20. The molecule has 0 amide bonds. The van der Waals surface area contributed by atoms with E-state index < -0.39 is 4.92 Å². The molecule has 2 aromatic carbocycles. The molecule has 0 aliphatic heterocycles. The van der Waals surface area contributed by atoms with Crippen LogP contribution >= 0.6 is 11.3 Å². The third-order valence-electron chi connectivity index (χ3n) is 4.29. The summed E-state index contributed by atoms with van der Waals surface area (Å²) >= 11 is 1.32. The van der Waals surface area contributed by atoms with E-state index in [2.05, 4.69) is 0 Å². The summed E-state index contributed by atoms with van der Waals surface area (Å²) in [7, 11) is 0. The Hall–Kier alpha value is -3.12. The van der Waals surface area contributed by atoms with Gasteiger partial charge in [0, 0.05) is 34.9 Å². The highest BCUT2D eigenvalue weighted by molar-refractivity contribution is 7.14. The van der Waals surface area contributed by atoms with Gasteiger partial charge in [-0.25, -0.2) is 0 Å². The van der Waals surface area contributed by atoms with E-state index in [4.69, 9.17) is 0 Å². The maximum absolute atomic E-state index is 12.8. The molecular weight excluding hydrogens is 362 g/mol. The lowest BCUT2D eigenvalue weighted by molar-refractivity contribution is -0.384. The largest absolute Gasteiger partial charge is 0.294 e. The molecule has 0 aliphatic carbocycles. The Bertz CT molecular complexity index is 994. The summed E-state index contributed by atoms with van der Waals surface area (Å²) in [5, 5.41) is 11.1. The van der Waals surface area contributed by atoms with Gasteiger partial charge in [-0.1, -0.05) is 42.5 Å². The van der Waals surface area contributed by atoms with Gasteiger partial charge in [-0.2, -0.15) is 0 Å². The van der Waals surface area contributed by atoms with Crippen LogP contribution in [0.3, 0.4) is 0 Å². The van der Waals surface area contributed by atoms with E-state index in [1.54, 1.807) is 42.5 Å². The monoisotopic (exact) mass is 379 g/mol. The number of thiophene rings is 1. The molecular formula is C21H17NO4S. The maximum Gasteiger partial charge on any atom is 0.269 e. The van der Waals surface area contributed by atoms with Gasteiger partial charge in [0.25, 0.3) is 5.69 Å². The Morgan fingerprint density at radius 1 is 1.04 bits per heavy atom. The first-order chi connectivity index (χ1) is 13.0. The lowest BCUT2D eigenvalue weighted by Crippen LogP contribution is -2.08. The molecule has 0 aliphatic rings. The van der Waals surface area contributed by atoms with Crippen LogP contribution in [0.2, 0.25) is 0 Å². The van der Waals surface area contributed by atoms with Gasteiger partial charge in [0.05, 0.1) is 9.80 Å². The number of benzene rings is 2. The molecule has 0 saturated carbocycles. The van der Waals surface area contributed by atoms with Crippen LogP contribution in [-0.4, -0.2) is 16.5 Å². The number of nitro benzene ring substituents is 1. The summed E-state index contributed by atoms with van der Waals surface area (Å²) in [6.07, 6.45) is 0.170. The average Bonchev–Trinajstić information content (AvgIpc) is 3.17. The molecule has 0 N–H and O–H groups in total. The second-order valence-corrected chi connectivity index (χ2v) is 7.27. The summed E-state index contributed by atoms with van der Waals surface area (Å²) in [6.45, 7) is 1.49. The van der Waals surface area contributed by atoms with Crippen LogP contribution < -0.4 is 0 Å². The minimum absolute atomic E-state index is 0.0204. The van der Waals surface area contributed by atoms with Crippen molar-refractivity contribution in [3.63, 3.8) is 0 Å². The highest BCUT2D eigenvalue weighted by Crippen LogP contribution is 2.35. The summed E-state index contributed by atoms with van der Waals surface area (Å²) < 4.78 is 0. The zero-order valence-electron chi connectivity index (χ0n) is 14.6. The zero-order valence-corrected chi connectivity index (χ0v) is 15.4. The fraction of sp³-hybridized carbons (Fsp3) is 0.143. The maximum atomic E-state index is 12.8. The van der Waals surface area contributed by atoms with E-state index in [-0.39, 0.29) is 29.6 Å². The summed E-state index contributed by atoms with van der Waals surface area (Å²) in [6, 6.07) is 18.8. The Kier molecular flexibility index (Phi) is 5.57. The van der Waals surface area contributed by atoms with Gasteiger partial charge in [-0.3, -0.25) is 19.7 Å². The smallest absolute Gasteiger partial charge is 0.269 e. The lowest BCUT2D eigenvalue weighted by Gasteiger charge is -2.15. The van der Waals surface area contributed by atoms with Crippen LogP contribution in [0.15, 0.2) is 66.7 Å². The summed E-state index contributed by atoms with van der Waals surface area (Å²) in [5.74, 6) is -0.445. The fourth-order valence-electron chi connectivity index (χ4n) is 2.89. The Labute approximate surface area is 160 Å². The number of hydrogen-bond donors (Lipinski definition) is 0. The van der Waals surface area contributed by atoms with Crippen LogP contribution in [-0.2, 0) is 0 Å². The van der Waals surface area contributed by atoms with Gasteiger partial charge in [-0.05, 0) is 24.6 Å². The Morgan fingerprint density at radius 3 is 2.41 bits per heavy atom. The number of ketones is 2. The van der Waals surface area contributed by atoms with Crippen LogP contribution in [0, 0.1) is 10.1 Å². The van der Waals surface area contributed by atoms with Crippen molar-refractivity contribution in [3.8, 4) is 0 Å². The molecule has 27 heavy (non-hydrogen) atoms. The first-order valence-electron chi connectivity index (χ1n) is 8.39. The number of hydrogen-bond acceptors (Lipinski definition) is 5. The third-order valence-corrected chi connectivity index (χ3v) is 5.59. The first kappa shape index (κ1) is 18.7. The van der Waals surface area contributed by atoms with Gasteiger partial charge in [-0.15, -0.1) is 11.3 Å². The van der Waals surface area contributed by atoms with Crippen LogP contribution in [0.25, 0.3) is 0 Å². The normalized spacial score (nSPS) is 11.7. The number of rotatable bonds is 7. The number of carbonyl (C=O) groups is 2. The Balaban J connectivity index is 2.00. The molecule has 0 bridgehead atoms. The van der Waals surface area contributed by atoms with Gasteiger partial charge in [0.1, 0.15) is 0 Å². The summed E-state index contributed by atoms with van der Waals surface area (Å²) in [4.78, 5) is 36.6. The van der Waals surface area contributed by atoms with Crippen LogP contribution in [0.5, 0.6) is 0 Å². The molecule has 6 heteroatoms. The third kappa shape index (κ3) is 4.35. The van der Waals surface area contributed by atoms with Gasteiger partial charge >= 0.3 is 0 Å². The van der Waals surface area contributed by atoms with E-state index in [9.17, 15) is 19.7 Å². The minimum atomic E-state index is -0.449. The van der Waals surface area contributed by atoms with Gasteiger partial charge in [0.15, 0.2) is 11.6 Å². The molecule has 1 aromatic heterocycles. The molecule has 3 aromatic rings. The Morgan fingerprint density at radius 2 is 1.78 bits per heavy atom. The molecule has 1 unspecified atom stereocenters. The van der Waals surface area contributed by atoms with Crippen molar-refractivity contribution < 1.29 is 14.5 Å². The van der Waals surface area contributed by atoms with Crippen LogP contribution in [0.4, 0.5) is 5.69 Å². The van der Waals surface area contributed by atoms with Gasteiger partial charge < -0.3 is 0 Å². The second-order valence-electron chi connectivity index (χ2n) is 6.16. The quantitative estimate of drug-likeness (QED) is 0.318. The van der Waals surface area contributed by atoms with E-state index in [1.807, 2.05) is 12.1 Å². The number of carbonyl (C=O) groups excluding carboxylic acids is 2. The number of nitrogens with zero attached hydrogens (tertiary/aromatic N) is 1. The topological polar surface area (TPSA) is 77.3 Å². The molecule has 0 radical (unpaired) electrons. The highest BCUT2D eigenvalue weighted by atomic mass is 32.1. The van der Waals surface area contributed by atoms with Gasteiger partial charge in [0.2, 0.25) is 0 Å². The second kappa shape index (κ2) is 8.05. The molecule has 1 heterocycles. The fourth-order valence-corrected chi connectivity index (χ4v) is 3.93. The molecule has 5 nitrogen and oxygen atoms in total. The van der Waals surface area contributed by atoms with Crippen molar-refractivity contribution in [2.24, 2.45) is 0 Å². The molecule has 0 saturated heterocycles. The molecule has 1 atom stereocenters. The molecule has 136 valence electrons. The van der Waals surface area contributed by atoms with Crippen molar-refractivity contribution in [1.82, 2.24) is 0 Å². The molecule has 0 spiro atoms. The van der Waals surface area contributed by atoms with Crippen molar-refractivity contribution >= 4 is 28.6 Å². The van der Waals surface area contributed by atoms with Crippen molar-refractivity contribution in [2.45, 2.75) is 19.3 Å². The average molecular weight is 379 g/mol. The number of non-ortho nitro benzene ring substituents is 1. The predicted molar refractivity (Wildman–Crippen MR) is 105 cm³/mol. The molecule has 0 fully saturated rings. The lowest BCUT2D eigenvalue weighted by atomic mass is 9.90. The van der Waals surface area contributed by atoms with E-state index in [1.165, 1.54) is 30.4 Å². The van der Waals surface area contributed by atoms with E-state index in [0.717, 1.165) is 4.88 Å². The zero-order chi connectivity index (χ0) is 19.4. The van der Waals surface area contributed by atoms with Crippen molar-refractivity contribution in [1.29, 1.82) is 0 Å². The van der Waals surface area contributed by atoms with Crippen LogP contribution in [0.1, 0.15) is 49.7 Å². The van der Waals surface area contributed by atoms with Crippen molar-refractivity contribution in [2.75, 3.05) is 0 Å². The molecule has 3 rings (SSSR count). The number of nitro groups is 1. The number of Topliss-reactive ketones (excluding diaryl/α,β-unsaturated/α-hetero) is 2. The van der Waals surface area contributed by atoms with E-state index >= 15 is 0 Å². The predicted octanol–water partition coefficient (Wildman–Crippen LogP) is 5.26. The highest BCUT2D eigenvalue weighted by Gasteiger charge is 2.23. The minimum Gasteiger partial charge on any atom is -0.294 e. The summed E-state index contributed by atoms with van der Waals surface area (Å²) in [5.41, 5.74) is 1.26. The standard InChI is InChI=1S/C21H17NO4S/c1-14(23)20-10-11-21(27-20)18(13-19(24)15-6-3-2-4-7-15)16-8-5-9-17(12-16)22(25)26/h2-12,18H,13H2,1H3. The SMILES string of the molecule is CC(=O)c1ccc(C(CC(=O)c2ccccc2)c2cccc([N+](=O)[O-])c2)s1. The van der Waals surface area contributed by atoms with Crippen molar-refractivity contribution in [3.05, 3.63) is 97.7 Å². The van der Waals surface area contributed by atoms with E-state index in [0.29, 0.717) is 16.0 Å².